The summed E-state index contributed by atoms with van der Waals surface area (Å²) in [6.45, 7) is 10.8. The van der Waals surface area contributed by atoms with Gasteiger partial charge in [0.25, 0.3) is 0 Å². The summed E-state index contributed by atoms with van der Waals surface area (Å²) in [5, 5.41) is 6.56. The van der Waals surface area contributed by atoms with Crippen molar-refractivity contribution >= 4 is 17.2 Å². The van der Waals surface area contributed by atoms with Crippen molar-refractivity contribution in [3.63, 3.8) is 0 Å². The molecule has 0 aromatic carbocycles. The molecule has 1 aliphatic rings. The minimum atomic E-state index is 0.114. The second-order valence-corrected chi connectivity index (χ2v) is 7.89. The quantitative estimate of drug-likeness (QED) is 0.873. The van der Waals surface area contributed by atoms with Crippen molar-refractivity contribution in [2.24, 2.45) is 11.8 Å². The van der Waals surface area contributed by atoms with Crippen LogP contribution in [-0.2, 0) is 4.79 Å². The first-order valence-corrected chi connectivity index (χ1v) is 8.86. The first-order valence-electron chi connectivity index (χ1n) is 8.04. The molecule has 3 nitrogen and oxygen atoms in total. The smallest absolute Gasteiger partial charge is 0.220 e. The molecule has 1 aromatic rings. The van der Waals surface area contributed by atoms with E-state index in [1.165, 1.54) is 28.2 Å². The van der Waals surface area contributed by atoms with Crippen LogP contribution in [0.1, 0.15) is 54.5 Å². The lowest BCUT2D eigenvalue weighted by Crippen LogP contribution is -2.34. The second-order valence-electron chi connectivity index (χ2n) is 6.43. The molecule has 1 aliphatic heterocycles. The molecular formula is C17H28N2OS. The van der Waals surface area contributed by atoms with E-state index in [2.05, 4.69) is 44.4 Å². The Morgan fingerprint density at radius 3 is 2.62 bits per heavy atom. The maximum absolute atomic E-state index is 12.3. The molecular weight excluding hydrogens is 280 g/mol. The average molecular weight is 308 g/mol. The molecule has 2 unspecified atom stereocenters. The van der Waals surface area contributed by atoms with Gasteiger partial charge in [0.2, 0.25) is 5.91 Å². The maximum Gasteiger partial charge on any atom is 0.220 e. The van der Waals surface area contributed by atoms with Crippen LogP contribution >= 0.6 is 11.3 Å². The van der Waals surface area contributed by atoms with Gasteiger partial charge in [-0.2, -0.15) is 0 Å². The molecule has 2 rings (SSSR count). The van der Waals surface area contributed by atoms with E-state index >= 15 is 0 Å². The molecule has 0 bridgehead atoms. The van der Waals surface area contributed by atoms with Crippen LogP contribution in [0.3, 0.4) is 0 Å². The van der Waals surface area contributed by atoms with Gasteiger partial charge in [-0.15, -0.1) is 11.3 Å². The van der Waals surface area contributed by atoms with Gasteiger partial charge < -0.3 is 10.6 Å². The SMILES string of the molecule is Cc1cc(C(C)NC(=O)CC(C)C2CCNCC2)c(C)s1. The van der Waals surface area contributed by atoms with E-state index in [1.54, 1.807) is 11.3 Å². The molecule has 1 amide bonds. The fraction of sp³-hybridized carbons (Fsp3) is 0.706. The molecule has 4 heteroatoms. The van der Waals surface area contributed by atoms with Crippen LogP contribution in [0, 0.1) is 25.7 Å². The molecule has 0 radical (unpaired) electrons. The number of aryl methyl sites for hydroxylation is 2. The van der Waals surface area contributed by atoms with Crippen LogP contribution in [0.5, 0.6) is 0 Å². The summed E-state index contributed by atoms with van der Waals surface area (Å²) < 4.78 is 0. The standard InChI is InChI=1S/C17H28N2OS/c1-11(15-5-7-18-8-6-15)9-17(20)19-13(3)16-10-12(2)21-14(16)4/h10-11,13,15,18H,5-9H2,1-4H3,(H,19,20). The summed E-state index contributed by atoms with van der Waals surface area (Å²) in [5.74, 6) is 1.36. The van der Waals surface area contributed by atoms with Crippen LogP contribution in [0.25, 0.3) is 0 Å². The van der Waals surface area contributed by atoms with Gasteiger partial charge >= 0.3 is 0 Å². The van der Waals surface area contributed by atoms with Gasteiger partial charge in [0.1, 0.15) is 0 Å². The number of amides is 1. The highest BCUT2D eigenvalue weighted by atomic mass is 32.1. The normalized spacial score (nSPS) is 19.2. The molecule has 2 atom stereocenters. The zero-order chi connectivity index (χ0) is 15.4. The third-order valence-electron chi connectivity index (χ3n) is 4.62. The lowest BCUT2D eigenvalue weighted by molar-refractivity contribution is -0.123. The zero-order valence-electron chi connectivity index (χ0n) is 13.7. The number of piperidine rings is 1. The van der Waals surface area contributed by atoms with E-state index in [0.717, 1.165) is 13.1 Å². The Balaban J connectivity index is 1.84. The highest BCUT2D eigenvalue weighted by Crippen LogP contribution is 2.27. The topological polar surface area (TPSA) is 41.1 Å². The number of hydrogen-bond donors (Lipinski definition) is 2. The number of carbonyl (C=O) groups is 1. The predicted octanol–water partition coefficient (Wildman–Crippen LogP) is 3.57. The van der Waals surface area contributed by atoms with Gasteiger partial charge in [0.05, 0.1) is 6.04 Å². The molecule has 1 aromatic heterocycles. The molecule has 1 saturated heterocycles. The van der Waals surface area contributed by atoms with E-state index in [4.69, 9.17) is 0 Å². The highest BCUT2D eigenvalue weighted by Gasteiger charge is 2.23. The minimum Gasteiger partial charge on any atom is -0.350 e. The first kappa shape index (κ1) is 16.5. The molecule has 21 heavy (non-hydrogen) atoms. The summed E-state index contributed by atoms with van der Waals surface area (Å²) in [7, 11) is 0. The van der Waals surface area contributed by atoms with Crippen LogP contribution in [0.2, 0.25) is 0 Å². The highest BCUT2D eigenvalue weighted by molar-refractivity contribution is 7.12. The van der Waals surface area contributed by atoms with Gasteiger partial charge in [-0.3, -0.25) is 4.79 Å². The summed E-state index contributed by atoms with van der Waals surface area (Å²) in [4.78, 5) is 14.9. The first-order chi connectivity index (χ1) is 9.97. The van der Waals surface area contributed by atoms with Crippen LogP contribution in [0.15, 0.2) is 6.07 Å². The van der Waals surface area contributed by atoms with E-state index in [0.29, 0.717) is 18.3 Å². The minimum absolute atomic E-state index is 0.114. The Hall–Kier alpha value is -0.870. The Kier molecular flexibility index (Phi) is 5.82. The Bertz CT molecular complexity index is 477. The van der Waals surface area contributed by atoms with Crippen LogP contribution < -0.4 is 10.6 Å². The Labute approximate surface area is 132 Å². The summed E-state index contributed by atoms with van der Waals surface area (Å²) in [6.07, 6.45) is 3.05. The van der Waals surface area contributed by atoms with E-state index in [9.17, 15) is 4.79 Å². The molecule has 118 valence electrons. The fourth-order valence-electron chi connectivity index (χ4n) is 3.33. The molecule has 0 saturated carbocycles. The Morgan fingerprint density at radius 2 is 2.05 bits per heavy atom. The monoisotopic (exact) mass is 308 g/mol. The summed E-state index contributed by atoms with van der Waals surface area (Å²) in [5.41, 5.74) is 1.26. The number of hydrogen-bond acceptors (Lipinski definition) is 3. The Morgan fingerprint density at radius 1 is 1.38 bits per heavy atom. The average Bonchev–Trinajstić information content (AvgIpc) is 2.78. The fourth-order valence-corrected chi connectivity index (χ4v) is 4.35. The summed E-state index contributed by atoms with van der Waals surface area (Å²) in [6, 6.07) is 2.31. The van der Waals surface area contributed by atoms with Gasteiger partial charge in [-0.05, 0) is 70.2 Å². The molecule has 0 spiro atoms. The second kappa shape index (κ2) is 7.41. The van der Waals surface area contributed by atoms with Gasteiger partial charge in [0.15, 0.2) is 0 Å². The largest absolute Gasteiger partial charge is 0.350 e. The van der Waals surface area contributed by atoms with Crippen molar-refractivity contribution in [1.29, 1.82) is 0 Å². The summed E-state index contributed by atoms with van der Waals surface area (Å²) >= 11 is 1.80. The number of nitrogens with one attached hydrogen (secondary N) is 2. The number of carbonyl (C=O) groups excluding carboxylic acids is 1. The molecule has 0 aliphatic carbocycles. The van der Waals surface area contributed by atoms with Gasteiger partial charge in [-0.1, -0.05) is 6.92 Å². The number of rotatable bonds is 5. The van der Waals surface area contributed by atoms with Crippen molar-refractivity contribution in [3.8, 4) is 0 Å². The lowest BCUT2D eigenvalue weighted by atomic mass is 9.84. The third-order valence-corrected chi connectivity index (χ3v) is 5.60. The zero-order valence-corrected chi connectivity index (χ0v) is 14.5. The predicted molar refractivity (Wildman–Crippen MR) is 89.7 cm³/mol. The lowest BCUT2D eigenvalue weighted by Gasteiger charge is -2.28. The molecule has 1 fully saturated rings. The van der Waals surface area contributed by atoms with E-state index in [1.807, 2.05) is 0 Å². The molecule has 2 N–H and O–H groups in total. The van der Waals surface area contributed by atoms with Crippen molar-refractivity contribution in [3.05, 3.63) is 21.4 Å². The van der Waals surface area contributed by atoms with Crippen LogP contribution in [-0.4, -0.2) is 19.0 Å². The van der Waals surface area contributed by atoms with E-state index < -0.39 is 0 Å². The van der Waals surface area contributed by atoms with E-state index in [-0.39, 0.29) is 11.9 Å². The van der Waals surface area contributed by atoms with Gasteiger partial charge in [0, 0.05) is 16.2 Å². The third kappa shape index (κ3) is 4.55. The van der Waals surface area contributed by atoms with Crippen molar-refractivity contribution < 1.29 is 4.79 Å². The molecule has 2 heterocycles. The van der Waals surface area contributed by atoms with Crippen molar-refractivity contribution in [2.75, 3.05) is 13.1 Å². The van der Waals surface area contributed by atoms with Crippen molar-refractivity contribution in [1.82, 2.24) is 10.6 Å². The van der Waals surface area contributed by atoms with Crippen LogP contribution in [0.4, 0.5) is 0 Å². The van der Waals surface area contributed by atoms with Gasteiger partial charge in [-0.25, -0.2) is 0 Å². The van der Waals surface area contributed by atoms with Crippen molar-refractivity contribution in [2.45, 2.75) is 53.0 Å². The number of thiophene rings is 1. The maximum atomic E-state index is 12.3.